The van der Waals surface area contributed by atoms with Crippen molar-refractivity contribution in [2.75, 3.05) is 11.9 Å². The van der Waals surface area contributed by atoms with E-state index in [0.717, 1.165) is 36.1 Å². The average molecular weight is 491 g/mol. The van der Waals surface area contributed by atoms with Crippen molar-refractivity contribution >= 4 is 44.9 Å². The molecule has 0 atom stereocenters. The van der Waals surface area contributed by atoms with Gasteiger partial charge in [0.05, 0.1) is 17.9 Å². The smallest absolute Gasteiger partial charge is 0.341 e. The van der Waals surface area contributed by atoms with Crippen LogP contribution in [-0.4, -0.2) is 18.5 Å². The summed E-state index contributed by atoms with van der Waals surface area (Å²) in [6.45, 7) is 2.01. The molecule has 178 valence electrons. The molecule has 0 saturated carbocycles. The van der Waals surface area contributed by atoms with E-state index in [9.17, 15) is 14.0 Å². The van der Waals surface area contributed by atoms with Gasteiger partial charge < -0.3 is 14.5 Å². The third-order valence-electron chi connectivity index (χ3n) is 5.86. The van der Waals surface area contributed by atoms with Crippen LogP contribution in [-0.2, 0) is 17.6 Å². The number of carbonyl (C=O) groups is 2. The number of hydrogen-bond acceptors (Lipinski definition) is 6. The molecule has 2 aromatic carbocycles. The Hall–Kier alpha value is -3.78. The second-order valence-corrected chi connectivity index (χ2v) is 9.24. The van der Waals surface area contributed by atoms with Gasteiger partial charge in [-0.15, -0.1) is 11.3 Å². The summed E-state index contributed by atoms with van der Waals surface area (Å²) in [7, 11) is 0. The second kappa shape index (κ2) is 9.84. The van der Waals surface area contributed by atoms with Gasteiger partial charge in [0.2, 0.25) is 5.55 Å². The van der Waals surface area contributed by atoms with Gasteiger partial charge >= 0.3 is 5.97 Å². The minimum absolute atomic E-state index is 0.0432. The number of rotatable bonds is 5. The highest BCUT2D eigenvalue weighted by atomic mass is 32.1. The predicted molar refractivity (Wildman–Crippen MR) is 133 cm³/mol. The Balaban J connectivity index is 1.68. The zero-order valence-electron chi connectivity index (χ0n) is 19.1. The van der Waals surface area contributed by atoms with E-state index in [2.05, 4.69) is 10.3 Å². The molecule has 1 amide bonds. The number of ether oxygens (including phenoxy) is 1. The first-order valence-electron chi connectivity index (χ1n) is 11.5. The van der Waals surface area contributed by atoms with Crippen molar-refractivity contribution in [1.82, 2.24) is 0 Å². The number of fused-ring (bicyclic) bond motifs is 2. The highest BCUT2D eigenvalue weighted by molar-refractivity contribution is 7.16. The van der Waals surface area contributed by atoms with Gasteiger partial charge in [-0.3, -0.25) is 4.79 Å². The van der Waals surface area contributed by atoms with Crippen molar-refractivity contribution in [2.45, 2.75) is 32.6 Å². The lowest BCUT2D eigenvalue weighted by atomic mass is 9.95. The van der Waals surface area contributed by atoms with Crippen LogP contribution in [0, 0.1) is 5.82 Å². The van der Waals surface area contributed by atoms with Crippen molar-refractivity contribution in [1.29, 1.82) is 0 Å². The Bertz CT molecular complexity index is 1500. The molecule has 6 nitrogen and oxygen atoms in total. The summed E-state index contributed by atoms with van der Waals surface area (Å²) in [5, 5.41) is 3.75. The van der Waals surface area contributed by atoms with E-state index in [0.29, 0.717) is 21.5 Å². The number of esters is 1. The topological polar surface area (TPSA) is 80.9 Å². The molecule has 1 N–H and O–H groups in total. The number of nitrogens with one attached hydrogen (secondary N) is 1. The van der Waals surface area contributed by atoms with Crippen LogP contribution in [0.1, 0.15) is 50.9 Å². The van der Waals surface area contributed by atoms with Gasteiger partial charge in [0.25, 0.3) is 5.91 Å². The molecule has 35 heavy (non-hydrogen) atoms. The SMILES string of the molecule is CCOC(=O)c1c(/N=c2\oc3ccccc3cc2C(=O)Nc2ccccc2F)sc2c1CCCC2. The lowest BCUT2D eigenvalue weighted by Crippen LogP contribution is -2.22. The summed E-state index contributed by atoms with van der Waals surface area (Å²) in [4.78, 5) is 31.9. The minimum atomic E-state index is -0.567. The molecule has 0 radical (unpaired) electrons. The maximum atomic E-state index is 14.2. The molecule has 2 aromatic heterocycles. The van der Waals surface area contributed by atoms with E-state index in [4.69, 9.17) is 9.15 Å². The van der Waals surface area contributed by atoms with Crippen LogP contribution in [0.4, 0.5) is 15.1 Å². The first kappa shape index (κ1) is 23.0. The van der Waals surface area contributed by atoms with E-state index < -0.39 is 17.7 Å². The van der Waals surface area contributed by atoms with Crippen molar-refractivity contribution in [3.63, 3.8) is 0 Å². The highest BCUT2D eigenvalue weighted by Crippen LogP contribution is 2.40. The van der Waals surface area contributed by atoms with Gasteiger partial charge in [-0.05, 0) is 62.4 Å². The number of nitrogens with zero attached hydrogens (tertiary/aromatic N) is 1. The van der Waals surface area contributed by atoms with E-state index in [-0.39, 0.29) is 23.4 Å². The zero-order chi connectivity index (χ0) is 24.4. The lowest BCUT2D eigenvalue weighted by molar-refractivity contribution is 0.0526. The summed E-state index contributed by atoms with van der Waals surface area (Å²) in [5.41, 5.74) is 2.17. The quantitative estimate of drug-likeness (QED) is 0.339. The summed E-state index contributed by atoms with van der Waals surface area (Å²) in [5.74, 6) is -1.54. The lowest BCUT2D eigenvalue weighted by Gasteiger charge is -2.11. The summed E-state index contributed by atoms with van der Waals surface area (Å²) >= 11 is 1.42. The standard InChI is InChI=1S/C27H23FN2O4S/c1-2-33-27(32)23-17-10-4-8-14-22(17)35-26(23)30-25-18(15-16-9-3-7-13-21(16)34-25)24(31)29-20-12-6-5-11-19(20)28/h3,5-7,9,11-13,15H,2,4,8,10,14H2,1H3,(H,29,31)/b30-25-. The van der Waals surface area contributed by atoms with Crippen LogP contribution in [0.25, 0.3) is 11.0 Å². The molecular formula is C27H23FN2O4S. The number of anilines is 1. The van der Waals surface area contributed by atoms with Crippen molar-refractivity contribution in [3.8, 4) is 0 Å². The van der Waals surface area contributed by atoms with Gasteiger partial charge in [0, 0.05) is 10.3 Å². The largest absolute Gasteiger partial charge is 0.462 e. The van der Waals surface area contributed by atoms with Gasteiger partial charge in [-0.25, -0.2) is 14.2 Å². The maximum Gasteiger partial charge on any atom is 0.341 e. The molecule has 0 fully saturated rings. The fraction of sp³-hybridized carbons (Fsp3) is 0.222. The predicted octanol–water partition coefficient (Wildman–Crippen LogP) is 6.17. The molecule has 0 aliphatic heterocycles. The number of carbonyl (C=O) groups excluding carboxylic acids is 2. The number of halogens is 1. The van der Waals surface area contributed by atoms with Crippen molar-refractivity contribution in [3.05, 3.63) is 87.5 Å². The first-order valence-corrected chi connectivity index (χ1v) is 12.3. The van der Waals surface area contributed by atoms with Crippen LogP contribution < -0.4 is 10.9 Å². The molecule has 2 heterocycles. The van der Waals surface area contributed by atoms with E-state index in [1.165, 1.54) is 23.5 Å². The van der Waals surface area contributed by atoms with Crippen LogP contribution in [0.3, 0.4) is 0 Å². The molecule has 4 aromatic rings. The molecular weight excluding hydrogens is 467 g/mol. The molecule has 0 spiro atoms. The van der Waals surface area contributed by atoms with Crippen LogP contribution in [0.2, 0.25) is 0 Å². The van der Waals surface area contributed by atoms with E-state index in [1.54, 1.807) is 31.2 Å². The Morgan fingerprint density at radius 2 is 1.89 bits per heavy atom. The number of aryl methyl sites for hydroxylation is 1. The molecule has 0 saturated heterocycles. The second-order valence-electron chi connectivity index (χ2n) is 8.16. The fourth-order valence-corrected chi connectivity index (χ4v) is 5.45. The summed E-state index contributed by atoms with van der Waals surface area (Å²) in [6, 6.07) is 14.8. The van der Waals surface area contributed by atoms with Crippen LogP contribution >= 0.6 is 11.3 Å². The molecule has 1 aliphatic rings. The Morgan fingerprint density at radius 1 is 1.11 bits per heavy atom. The van der Waals surface area contributed by atoms with Crippen molar-refractivity contribution < 1.29 is 23.1 Å². The summed E-state index contributed by atoms with van der Waals surface area (Å²) < 4.78 is 25.6. The van der Waals surface area contributed by atoms with Crippen molar-refractivity contribution in [2.24, 2.45) is 4.99 Å². The highest BCUT2D eigenvalue weighted by Gasteiger charge is 2.27. The molecule has 0 bridgehead atoms. The number of hydrogen-bond donors (Lipinski definition) is 1. The third kappa shape index (κ3) is 4.61. The fourth-order valence-electron chi connectivity index (χ4n) is 4.20. The zero-order valence-corrected chi connectivity index (χ0v) is 19.9. The molecule has 8 heteroatoms. The van der Waals surface area contributed by atoms with Gasteiger partial charge in [0.15, 0.2) is 0 Å². The van der Waals surface area contributed by atoms with Crippen LogP contribution in [0.5, 0.6) is 0 Å². The maximum absolute atomic E-state index is 14.2. The first-order chi connectivity index (χ1) is 17.0. The van der Waals surface area contributed by atoms with Crippen LogP contribution in [0.15, 0.2) is 64.0 Å². The number of para-hydroxylation sites is 2. The Kier molecular flexibility index (Phi) is 6.46. The summed E-state index contributed by atoms with van der Waals surface area (Å²) in [6.07, 6.45) is 3.69. The molecule has 0 unspecified atom stereocenters. The normalized spacial score (nSPS) is 13.5. The number of benzene rings is 2. The average Bonchev–Trinajstić information content (AvgIpc) is 3.23. The van der Waals surface area contributed by atoms with Gasteiger partial charge in [-0.1, -0.05) is 30.3 Å². The minimum Gasteiger partial charge on any atom is -0.462 e. The molecule has 5 rings (SSSR count). The Labute approximate surface area is 205 Å². The molecule has 1 aliphatic carbocycles. The number of thiophene rings is 1. The van der Waals surface area contributed by atoms with Gasteiger partial charge in [0.1, 0.15) is 22.0 Å². The van der Waals surface area contributed by atoms with Gasteiger partial charge in [-0.2, -0.15) is 0 Å². The Morgan fingerprint density at radius 3 is 2.71 bits per heavy atom. The number of amides is 1. The van der Waals surface area contributed by atoms with E-state index in [1.807, 2.05) is 18.2 Å². The van der Waals surface area contributed by atoms with E-state index >= 15 is 0 Å². The third-order valence-corrected chi connectivity index (χ3v) is 7.04. The monoisotopic (exact) mass is 490 g/mol.